The van der Waals surface area contributed by atoms with Crippen LogP contribution in [0, 0.1) is 5.82 Å². The molecule has 188 valence electrons. The van der Waals surface area contributed by atoms with Gasteiger partial charge in [0.25, 0.3) is 5.91 Å². The molecule has 1 aliphatic carbocycles. The largest absolute Gasteiger partial charge is 0.459 e. The van der Waals surface area contributed by atoms with Crippen LogP contribution in [0.3, 0.4) is 0 Å². The molecule has 0 unspecified atom stereocenters. The molecular weight excluding hydrogens is 493 g/mol. The zero-order valence-electron chi connectivity index (χ0n) is 20.3. The lowest BCUT2D eigenvalue weighted by Gasteiger charge is -2.35. The molecule has 10 heteroatoms. The monoisotopic (exact) mass is 517 g/mol. The fourth-order valence-electron chi connectivity index (χ4n) is 5.33. The molecule has 2 amide bonds. The number of amides is 2. The van der Waals surface area contributed by atoms with E-state index in [9.17, 15) is 14.0 Å². The minimum Gasteiger partial charge on any atom is -0.459 e. The second-order valence-electron chi connectivity index (χ2n) is 9.37. The first-order valence-electron chi connectivity index (χ1n) is 12.0. The fourth-order valence-corrected chi connectivity index (χ4v) is 5.85. The van der Waals surface area contributed by atoms with Gasteiger partial charge in [-0.05, 0) is 53.5 Å². The third kappa shape index (κ3) is 3.97. The Labute approximate surface area is 216 Å². The zero-order valence-corrected chi connectivity index (χ0v) is 21.1. The molecular formula is C27H24FN5O3S. The number of carbonyl (C=O) groups excluding carboxylic acids is 2. The quantitative estimate of drug-likeness (QED) is 0.430. The van der Waals surface area contributed by atoms with Gasteiger partial charge in [0, 0.05) is 50.4 Å². The average molecular weight is 518 g/mol. The van der Waals surface area contributed by atoms with Gasteiger partial charge in [-0.3, -0.25) is 9.59 Å². The van der Waals surface area contributed by atoms with Crippen LogP contribution in [-0.2, 0) is 17.8 Å². The van der Waals surface area contributed by atoms with E-state index in [4.69, 9.17) is 4.42 Å². The molecule has 1 N–H and O–H groups in total. The van der Waals surface area contributed by atoms with E-state index in [-0.39, 0.29) is 36.4 Å². The highest BCUT2D eigenvalue weighted by Crippen LogP contribution is 2.42. The van der Waals surface area contributed by atoms with E-state index in [0.29, 0.717) is 24.1 Å². The number of rotatable bonds is 5. The number of fused-ring (bicyclic) bond motifs is 3. The Morgan fingerprint density at radius 1 is 1.22 bits per heavy atom. The fraction of sp³-hybridized carbons (Fsp3) is 0.259. The van der Waals surface area contributed by atoms with E-state index in [0.717, 1.165) is 33.4 Å². The van der Waals surface area contributed by atoms with Gasteiger partial charge in [0.15, 0.2) is 5.76 Å². The van der Waals surface area contributed by atoms with Crippen molar-refractivity contribution in [2.24, 2.45) is 0 Å². The average Bonchev–Trinajstić information content (AvgIpc) is 3.64. The molecule has 2 aliphatic rings. The third-order valence-electron chi connectivity index (χ3n) is 7.20. The Morgan fingerprint density at radius 2 is 2.05 bits per heavy atom. The number of likely N-dealkylation sites (N-methyl/N-ethyl adjacent to an activating group) is 1. The number of hydrogen-bond donors (Lipinski definition) is 1. The molecule has 3 heterocycles. The number of anilines is 1. The van der Waals surface area contributed by atoms with Crippen LogP contribution in [0.4, 0.5) is 10.1 Å². The Morgan fingerprint density at radius 3 is 2.89 bits per heavy atom. The van der Waals surface area contributed by atoms with Crippen molar-refractivity contribution in [3.05, 3.63) is 82.6 Å². The van der Waals surface area contributed by atoms with Crippen LogP contribution in [0.15, 0.2) is 58.7 Å². The Bertz CT molecular complexity index is 1580. The van der Waals surface area contributed by atoms with Gasteiger partial charge < -0.3 is 19.5 Å². The molecule has 1 aliphatic heterocycles. The molecule has 6 rings (SSSR count). The van der Waals surface area contributed by atoms with Gasteiger partial charge >= 0.3 is 0 Å². The molecule has 0 saturated heterocycles. The Kier molecular flexibility index (Phi) is 5.75. The first kappa shape index (κ1) is 23.4. The summed E-state index contributed by atoms with van der Waals surface area (Å²) in [5.74, 6) is -0.743. The lowest BCUT2D eigenvalue weighted by molar-refractivity contribution is -0.125. The van der Waals surface area contributed by atoms with Crippen molar-refractivity contribution >= 4 is 45.8 Å². The Hall–Kier alpha value is -4.05. The van der Waals surface area contributed by atoms with Crippen LogP contribution in [0.1, 0.15) is 33.7 Å². The summed E-state index contributed by atoms with van der Waals surface area (Å²) in [7, 11) is 3.47. The summed E-state index contributed by atoms with van der Waals surface area (Å²) in [4.78, 5) is 30.3. The first-order valence-corrected chi connectivity index (χ1v) is 12.7. The predicted octanol–water partition coefficient (Wildman–Crippen LogP) is 4.03. The summed E-state index contributed by atoms with van der Waals surface area (Å²) in [6, 6.07) is 11.9. The van der Waals surface area contributed by atoms with Gasteiger partial charge in [-0.25, -0.2) is 4.39 Å². The van der Waals surface area contributed by atoms with Crippen molar-refractivity contribution in [3.8, 4) is 0 Å². The lowest BCUT2D eigenvalue weighted by atomic mass is 9.92. The van der Waals surface area contributed by atoms with Gasteiger partial charge in [-0.2, -0.15) is 8.75 Å². The number of halogens is 1. The number of nitrogens with zero attached hydrogens (tertiary/aromatic N) is 4. The minimum atomic E-state index is -0.767. The minimum absolute atomic E-state index is 0.197. The van der Waals surface area contributed by atoms with Crippen LogP contribution < -0.4 is 10.2 Å². The maximum absolute atomic E-state index is 14.7. The van der Waals surface area contributed by atoms with Crippen LogP contribution >= 0.6 is 11.7 Å². The van der Waals surface area contributed by atoms with E-state index in [2.05, 4.69) is 14.1 Å². The van der Waals surface area contributed by atoms with Crippen molar-refractivity contribution in [2.45, 2.75) is 25.4 Å². The van der Waals surface area contributed by atoms with Crippen molar-refractivity contribution in [1.82, 2.24) is 19.0 Å². The van der Waals surface area contributed by atoms with Crippen LogP contribution in [0.2, 0.25) is 0 Å². The smallest absolute Gasteiger partial charge is 0.290 e. The molecule has 8 nitrogen and oxygen atoms in total. The highest BCUT2D eigenvalue weighted by molar-refractivity contribution is 7.00. The molecule has 0 fully saturated rings. The van der Waals surface area contributed by atoms with Crippen LogP contribution in [-0.4, -0.2) is 52.1 Å². The second-order valence-corrected chi connectivity index (χ2v) is 9.90. The van der Waals surface area contributed by atoms with Crippen molar-refractivity contribution in [2.75, 3.05) is 25.5 Å². The number of benzene rings is 2. The number of hydrogen-bond acceptors (Lipinski definition) is 7. The molecule has 2 aromatic carbocycles. The van der Waals surface area contributed by atoms with E-state index < -0.39 is 6.04 Å². The van der Waals surface area contributed by atoms with Gasteiger partial charge in [-0.15, -0.1) is 0 Å². The standard InChI is InChI=1S/C27H24FN5O3S/c1-29-26(34)23-12-19-17(10-15-4-3-5-20(28)24(15)19)14-33(23)27(35)25-16(8-9-36-25)13-32(2)18-6-7-21-22(11-18)31-37-30-21/h3-9,11,23H,10,12-14H2,1-2H3,(H,29,34)/t23-/m1/s1. The maximum atomic E-state index is 14.7. The zero-order chi connectivity index (χ0) is 25.7. The predicted molar refractivity (Wildman–Crippen MR) is 139 cm³/mol. The van der Waals surface area contributed by atoms with Crippen molar-refractivity contribution in [1.29, 1.82) is 0 Å². The van der Waals surface area contributed by atoms with Gasteiger partial charge in [0.1, 0.15) is 22.9 Å². The molecule has 1 atom stereocenters. The normalized spacial score (nSPS) is 16.6. The van der Waals surface area contributed by atoms with E-state index in [1.807, 2.05) is 36.2 Å². The third-order valence-corrected chi connectivity index (χ3v) is 7.76. The summed E-state index contributed by atoms with van der Waals surface area (Å²) in [6.07, 6.45) is 2.31. The van der Waals surface area contributed by atoms with Crippen molar-refractivity contribution in [3.63, 3.8) is 0 Å². The highest BCUT2D eigenvalue weighted by Gasteiger charge is 2.40. The van der Waals surface area contributed by atoms with Gasteiger partial charge in [0.2, 0.25) is 5.91 Å². The topological polar surface area (TPSA) is 91.6 Å². The number of nitrogens with one attached hydrogen (secondary N) is 1. The summed E-state index contributed by atoms with van der Waals surface area (Å²) in [5, 5.41) is 2.67. The van der Waals surface area contributed by atoms with E-state index >= 15 is 0 Å². The summed E-state index contributed by atoms with van der Waals surface area (Å²) >= 11 is 1.17. The Balaban J connectivity index is 1.28. The summed E-state index contributed by atoms with van der Waals surface area (Å²) in [5.41, 5.74) is 6.56. The molecule has 2 aromatic heterocycles. The second kappa shape index (κ2) is 9.11. The van der Waals surface area contributed by atoms with Crippen LogP contribution in [0.5, 0.6) is 0 Å². The molecule has 37 heavy (non-hydrogen) atoms. The first-order chi connectivity index (χ1) is 17.9. The van der Waals surface area contributed by atoms with E-state index in [1.165, 1.54) is 24.1 Å². The number of carbonyl (C=O) groups is 2. The lowest BCUT2D eigenvalue weighted by Crippen LogP contribution is -2.51. The summed E-state index contributed by atoms with van der Waals surface area (Å²) in [6.45, 7) is 0.660. The van der Waals surface area contributed by atoms with Gasteiger partial charge in [0.05, 0.1) is 18.0 Å². The summed E-state index contributed by atoms with van der Waals surface area (Å²) < 4.78 is 28.9. The number of aromatic nitrogens is 2. The molecule has 0 bridgehead atoms. The van der Waals surface area contributed by atoms with Gasteiger partial charge in [-0.1, -0.05) is 12.1 Å². The molecule has 0 saturated carbocycles. The van der Waals surface area contributed by atoms with Crippen molar-refractivity contribution < 1.29 is 18.4 Å². The van der Waals surface area contributed by atoms with E-state index in [1.54, 1.807) is 24.1 Å². The maximum Gasteiger partial charge on any atom is 0.290 e. The molecule has 0 radical (unpaired) electrons. The molecule has 0 spiro atoms. The molecule has 4 aromatic rings. The van der Waals surface area contributed by atoms with Crippen LogP contribution in [0.25, 0.3) is 16.6 Å². The highest BCUT2D eigenvalue weighted by atomic mass is 32.1. The number of furan rings is 1. The SMILES string of the molecule is CNC(=O)[C@H]1CC2=C(Cc3cccc(F)c32)CN1C(=O)c1occc1CN(C)c1ccc2nsnc2c1.